The fourth-order valence-electron chi connectivity index (χ4n) is 0.131. The Balaban J connectivity index is 4.19. The lowest BCUT2D eigenvalue weighted by molar-refractivity contribution is 0.452. The molecule has 0 aliphatic carbocycles. The average molecular weight is 203 g/mol. The van der Waals surface area contributed by atoms with Crippen LogP contribution in [0.2, 0.25) is 0 Å². The molecule has 0 aliphatic rings. The Kier molecular flexibility index (Phi) is 3.84. The van der Waals surface area contributed by atoms with Crippen molar-refractivity contribution in [2.45, 2.75) is 0 Å². The first kappa shape index (κ1) is 9.86. The summed E-state index contributed by atoms with van der Waals surface area (Å²) in [7, 11) is -4.46. The maximum absolute atomic E-state index is 10.2. The molecule has 6 nitrogen and oxygen atoms in total. The maximum atomic E-state index is 10.2. The van der Waals surface area contributed by atoms with Crippen molar-refractivity contribution in [3.8, 4) is 5.40 Å². The summed E-state index contributed by atoms with van der Waals surface area (Å²) in [5.74, 6) is 0. The summed E-state index contributed by atoms with van der Waals surface area (Å²) in [6.45, 7) is 0. The predicted octanol–water partition coefficient (Wildman–Crippen LogP) is -0.401. The molecular formula is CHNO5S3. The zero-order valence-corrected chi connectivity index (χ0v) is 6.70. The number of hydrogen-bond acceptors (Lipinski definition) is 6. The topological polar surface area (TPSA) is 104 Å². The molecule has 9 heteroatoms. The molecule has 0 spiro atoms. The van der Waals surface area contributed by atoms with E-state index in [9.17, 15) is 12.6 Å². The Morgan fingerprint density at radius 1 is 1.70 bits per heavy atom. The fourth-order valence-corrected chi connectivity index (χ4v) is 1.86. The van der Waals surface area contributed by atoms with Gasteiger partial charge in [0, 0.05) is 0 Å². The second kappa shape index (κ2) is 3.89. The van der Waals surface area contributed by atoms with Crippen LogP contribution in [0, 0.1) is 10.7 Å². The number of rotatable bonds is 3. The van der Waals surface area contributed by atoms with E-state index in [2.05, 4.69) is 3.63 Å². The van der Waals surface area contributed by atoms with Crippen molar-refractivity contribution in [1.82, 2.24) is 0 Å². The van der Waals surface area contributed by atoms with Crippen molar-refractivity contribution >= 4 is 31.3 Å². The third-order valence-corrected chi connectivity index (χ3v) is 3.03. The van der Waals surface area contributed by atoms with Gasteiger partial charge in [-0.1, -0.05) is 0 Å². The van der Waals surface area contributed by atoms with Gasteiger partial charge in [0.25, 0.3) is 0 Å². The monoisotopic (exact) mass is 203 g/mol. The zero-order valence-electron chi connectivity index (χ0n) is 4.25. The quantitative estimate of drug-likeness (QED) is 0.378. The molecule has 0 aromatic carbocycles. The molecule has 0 aromatic heterocycles. The molecule has 0 radical (unpaired) electrons. The zero-order chi connectivity index (χ0) is 8.20. The van der Waals surface area contributed by atoms with E-state index in [1.807, 2.05) is 0 Å². The summed E-state index contributed by atoms with van der Waals surface area (Å²) in [5.41, 5.74) is 0. The van der Waals surface area contributed by atoms with Crippen molar-refractivity contribution < 1.29 is 20.8 Å². The van der Waals surface area contributed by atoms with Crippen LogP contribution < -0.4 is 0 Å². The molecule has 0 fully saturated rings. The lowest BCUT2D eigenvalue weighted by Gasteiger charge is -1.90. The first-order chi connectivity index (χ1) is 4.48. The lowest BCUT2D eigenvalue weighted by atomic mass is 11.8. The Hall–Kier alpha value is -0.140. The third-order valence-electron chi connectivity index (χ3n) is 0.281. The van der Waals surface area contributed by atoms with Crippen LogP contribution in [-0.2, 0) is 24.1 Å². The van der Waals surface area contributed by atoms with Crippen LogP contribution in [-0.4, -0.2) is 17.2 Å². The highest BCUT2D eigenvalue weighted by Gasteiger charge is 2.15. The normalized spacial score (nSPS) is 14.0. The van der Waals surface area contributed by atoms with Gasteiger partial charge < -0.3 is 0 Å². The highest BCUT2D eigenvalue weighted by atomic mass is 33.2. The number of hydrogen-bond donors (Lipinski definition) is 1. The largest absolute Gasteiger partial charge is 0.350 e. The first-order valence-corrected chi connectivity index (χ1v) is 5.38. The summed E-state index contributed by atoms with van der Waals surface area (Å²) >= 11 is -2.90. The minimum atomic E-state index is -4.23. The molecular weight excluding hydrogens is 202 g/mol. The lowest BCUT2D eigenvalue weighted by Crippen LogP contribution is -2.01. The smallest absolute Gasteiger partial charge is 0.283 e. The molecule has 0 aromatic rings. The Morgan fingerprint density at radius 2 is 2.20 bits per heavy atom. The van der Waals surface area contributed by atoms with E-state index in [4.69, 9.17) is 9.81 Å². The molecule has 0 amide bonds. The van der Waals surface area contributed by atoms with E-state index >= 15 is 0 Å². The third kappa shape index (κ3) is 4.71. The van der Waals surface area contributed by atoms with Crippen LogP contribution in [0.15, 0.2) is 0 Å². The fraction of sp³-hybridized carbons (Fsp3) is 0. The molecule has 1 unspecified atom stereocenters. The van der Waals surface area contributed by atoms with Crippen LogP contribution in [0.4, 0.5) is 0 Å². The van der Waals surface area contributed by atoms with E-state index in [0.717, 1.165) is 0 Å². The minimum Gasteiger partial charge on any atom is -0.283 e. The van der Waals surface area contributed by atoms with Crippen LogP contribution in [0.25, 0.3) is 0 Å². The highest BCUT2D eigenvalue weighted by Crippen LogP contribution is 2.12. The van der Waals surface area contributed by atoms with Gasteiger partial charge in [-0.2, -0.15) is 17.9 Å². The van der Waals surface area contributed by atoms with Gasteiger partial charge in [-0.15, -0.1) is 3.63 Å². The van der Waals surface area contributed by atoms with Crippen LogP contribution >= 0.6 is 10.8 Å². The predicted molar refractivity (Wildman–Crippen MR) is 34.0 cm³/mol. The molecule has 1 atom stereocenters. The van der Waals surface area contributed by atoms with Gasteiger partial charge >= 0.3 is 20.5 Å². The Morgan fingerprint density at radius 3 is 2.50 bits per heavy atom. The van der Waals surface area contributed by atoms with E-state index in [0.29, 0.717) is 0 Å². The van der Waals surface area contributed by atoms with E-state index in [1.54, 1.807) is 0 Å². The standard InChI is InChI=1S/CHNO5S3/c2-1-8-10(5,6)7-9(3)4/h(H,3,4). The molecule has 0 saturated heterocycles. The van der Waals surface area contributed by atoms with Crippen molar-refractivity contribution in [1.29, 1.82) is 5.26 Å². The summed E-state index contributed by atoms with van der Waals surface area (Å²) in [5, 5.41) is 8.96. The minimum absolute atomic E-state index is 0.236. The van der Waals surface area contributed by atoms with Crippen LogP contribution in [0.3, 0.4) is 0 Å². The molecule has 0 saturated carbocycles. The van der Waals surface area contributed by atoms with Crippen molar-refractivity contribution in [3.05, 3.63) is 0 Å². The second-order valence-corrected chi connectivity index (χ2v) is 4.74. The summed E-state index contributed by atoms with van der Waals surface area (Å²) in [6.07, 6.45) is 0. The SMILES string of the molecule is N#CSS(=O)(=O)OS(=O)O. The van der Waals surface area contributed by atoms with E-state index < -0.39 is 20.5 Å². The van der Waals surface area contributed by atoms with Crippen LogP contribution in [0.1, 0.15) is 0 Å². The van der Waals surface area contributed by atoms with Crippen molar-refractivity contribution in [3.63, 3.8) is 0 Å². The Labute approximate surface area is 63.2 Å². The molecule has 0 aliphatic heterocycles. The molecule has 1 N–H and O–H groups in total. The van der Waals surface area contributed by atoms with Gasteiger partial charge in [0.2, 0.25) is 0 Å². The van der Waals surface area contributed by atoms with Crippen LogP contribution in [0.5, 0.6) is 0 Å². The summed E-state index contributed by atoms with van der Waals surface area (Å²) < 4.78 is 41.4. The molecule has 0 rings (SSSR count). The van der Waals surface area contributed by atoms with Gasteiger partial charge in [-0.3, -0.25) is 4.55 Å². The first-order valence-electron chi connectivity index (χ1n) is 1.61. The Bertz CT molecular complexity index is 259. The molecule has 10 heavy (non-hydrogen) atoms. The highest BCUT2D eigenvalue weighted by molar-refractivity contribution is 8.72. The van der Waals surface area contributed by atoms with E-state index in [-0.39, 0.29) is 10.8 Å². The number of nitrogens with zero attached hydrogens (tertiary/aromatic N) is 1. The summed E-state index contributed by atoms with van der Waals surface area (Å²) in [4.78, 5) is 0. The molecule has 0 bridgehead atoms. The van der Waals surface area contributed by atoms with Gasteiger partial charge in [0.15, 0.2) is 5.40 Å². The number of nitriles is 1. The van der Waals surface area contributed by atoms with Gasteiger partial charge in [0.1, 0.15) is 10.8 Å². The van der Waals surface area contributed by atoms with Gasteiger partial charge in [-0.05, 0) is 0 Å². The van der Waals surface area contributed by atoms with Crippen molar-refractivity contribution in [2.24, 2.45) is 0 Å². The van der Waals surface area contributed by atoms with Gasteiger partial charge in [-0.25, -0.2) is 0 Å². The van der Waals surface area contributed by atoms with E-state index in [1.165, 1.54) is 5.40 Å². The maximum Gasteiger partial charge on any atom is 0.350 e. The number of thiocyanates is 1. The summed E-state index contributed by atoms with van der Waals surface area (Å²) in [6, 6.07) is 0. The molecule has 0 heterocycles. The average Bonchev–Trinajstić information content (AvgIpc) is 1.59. The van der Waals surface area contributed by atoms with Gasteiger partial charge in [0.05, 0.1) is 0 Å². The molecule has 58 valence electrons. The van der Waals surface area contributed by atoms with Crippen molar-refractivity contribution in [2.75, 3.05) is 0 Å². The second-order valence-electron chi connectivity index (χ2n) is 0.868.